The standard InChI is InChI=1S/C15H18FNO4/c1-9-3-4-11(15(19)20)8-17(9)14(18)10-5-6-12(16)13(7-10)21-2/h5-7,9,11H,3-4,8H2,1-2H3,(H,19,20). The molecule has 0 radical (unpaired) electrons. The van der Waals surface area contributed by atoms with Gasteiger partial charge in [0.1, 0.15) is 0 Å². The number of hydrogen-bond donors (Lipinski definition) is 1. The topological polar surface area (TPSA) is 66.8 Å². The summed E-state index contributed by atoms with van der Waals surface area (Å²) in [6, 6.07) is 3.87. The second-order valence-corrected chi connectivity index (χ2v) is 5.27. The molecule has 1 aliphatic heterocycles. The summed E-state index contributed by atoms with van der Waals surface area (Å²) in [6.45, 7) is 2.06. The fourth-order valence-electron chi connectivity index (χ4n) is 2.55. The number of carboxylic acids is 1. The van der Waals surface area contributed by atoms with Gasteiger partial charge in [0, 0.05) is 18.2 Å². The van der Waals surface area contributed by atoms with Gasteiger partial charge in [-0.15, -0.1) is 0 Å². The summed E-state index contributed by atoms with van der Waals surface area (Å²) in [4.78, 5) is 25.2. The highest BCUT2D eigenvalue weighted by Crippen LogP contribution is 2.25. The number of carbonyl (C=O) groups is 2. The fraction of sp³-hybridized carbons (Fsp3) is 0.467. The monoisotopic (exact) mass is 295 g/mol. The molecule has 1 heterocycles. The second-order valence-electron chi connectivity index (χ2n) is 5.27. The van der Waals surface area contributed by atoms with Gasteiger partial charge in [0.25, 0.3) is 5.91 Å². The molecule has 0 saturated carbocycles. The Kier molecular flexibility index (Phi) is 4.45. The Morgan fingerprint density at radius 3 is 2.71 bits per heavy atom. The third-order valence-corrected chi connectivity index (χ3v) is 3.89. The number of likely N-dealkylation sites (tertiary alicyclic amines) is 1. The number of rotatable bonds is 3. The number of amides is 1. The lowest BCUT2D eigenvalue weighted by atomic mass is 9.93. The number of hydrogen-bond acceptors (Lipinski definition) is 3. The van der Waals surface area contributed by atoms with Gasteiger partial charge >= 0.3 is 5.97 Å². The summed E-state index contributed by atoms with van der Waals surface area (Å²) in [5.74, 6) is -2.28. The fourth-order valence-corrected chi connectivity index (χ4v) is 2.55. The highest BCUT2D eigenvalue weighted by molar-refractivity contribution is 5.95. The van der Waals surface area contributed by atoms with E-state index >= 15 is 0 Å². The highest BCUT2D eigenvalue weighted by Gasteiger charge is 2.33. The van der Waals surface area contributed by atoms with E-state index in [0.717, 1.165) is 0 Å². The summed E-state index contributed by atoms with van der Waals surface area (Å²) < 4.78 is 18.3. The van der Waals surface area contributed by atoms with E-state index in [9.17, 15) is 14.0 Å². The van der Waals surface area contributed by atoms with E-state index < -0.39 is 17.7 Å². The van der Waals surface area contributed by atoms with Gasteiger partial charge in [-0.25, -0.2) is 4.39 Å². The van der Waals surface area contributed by atoms with Crippen LogP contribution in [0.2, 0.25) is 0 Å². The van der Waals surface area contributed by atoms with Crippen molar-refractivity contribution in [1.82, 2.24) is 4.90 Å². The van der Waals surface area contributed by atoms with Crippen LogP contribution in [0.3, 0.4) is 0 Å². The molecule has 2 atom stereocenters. The van der Waals surface area contributed by atoms with Crippen LogP contribution in [-0.4, -0.2) is 41.6 Å². The minimum Gasteiger partial charge on any atom is -0.494 e. The number of carboxylic acid groups (broad SMARTS) is 1. The van der Waals surface area contributed by atoms with Crippen LogP contribution >= 0.6 is 0 Å². The Labute approximate surface area is 122 Å². The summed E-state index contributed by atoms with van der Waals surface area (Å²) in [5, 5.41) is 9.11. The van der Waals surface area contributed by atoms with Gasteiger partial charge in [0.2, 0.25) is 0 Å². The molecular weight excluding hydrogens is 277 g/mol. The van der Waals surface area contributed by atoms with E-state index in [4.69, 9.17) is 9.84 Å². The predicted molar refractivity (Wildman–Crippen MR) is 73.8 cm³/mol. The lowest BCUT2D eigenvalue weighted by Gasteiger charge is -2.36. The van der Waals surface area contributed by atoms with Crippen LogP contribution in [0.15, 0.2) is 18.2 Å². The van der Waals surface area contributed by atoms with E-state index in [0.29, 0.717) is 18.4 Å². The number of aliphatic carboxylic acids is 1. The van der Waals surface area contributed by atoms with Crippen molar-refractivity contribution < 1.29 is 23.8 Å². The van der Waals surface area contributed by atoms with Gasteiger partial charge in [0.15, 0.2) is 11.6 Å². The molecule has 1 N–H and O–H groups in total. The molecule has 0 aromatic heterocycles. The molecule has 1 amide bonds. The third kappa shape index (κ3) is 3.15. The Bertz CT molecular complexity index is 561. The molecular formula is C15H18FNO4. The van der Waals surface area contributed by atoms with Crippen molar-refractivity contribution in [2.24, 2.45) is 5.92 Å². The Morgan fingerprint density at radius 2 is 2.10 bits per heavy atom. The molecule has 1 aliphatic rings. The van der Waals surface area contributed by atoms with Crippen LogP contribution in [0.1, 0.15) is 30.1 Å². The molecule has 0 spiro atoms. The molecule has 1 aromatic rings. The third-order valence-electron chi connectivity index (χ3n) is 3.89. The number of halogens is 1. The summed E-state index contributed by atoms with van der Waals surface area (Å²) >= 11 is 0. The van der Waals surface area contributed by atoms with Crippen LogP contribution in [0.25, 0.3) is 0 Å². The minimum absolute atomic E-state index is 0.000275. The van der Waals surface area contributed by atoms with Crippen molar-refractivity contribution in [1.29, 1.82) is 0 Å². The zero-order chi connectivity index (χ0) is 15.6. The SMILES string of the molecule is COc1cc(C(=O)N2CC(C(=O)O)CCC2C)ccc1F. The molecule has 114 valence electrons. The van der Waals surface area contributed by atoms with Crippen LogP contribution < -0.4 is 4.74 Å². The van der Waals surface area contributed by atoms with Crippen molar-refractivity contribution in [3.05, 3.63) is 29.6 Å². The maximum Gasteiger partial charge on any atom is 0.308 e. The summed E-state index contributed by atoms with van der Waals surface area (Å²) in [6.07, 6.45) is 1.20. The first-order valence-corrected chi connectivity index (χ1v) is 6.81. The number of methoxy groups -OCH3 is 1. The van der Waals surface area contributed by atoms with Crippen molar-refractivity contribution in [2.75, 3.05) is 13.7 Å². The van der Waals surface area contributed by atoms with Gasteiger partial charge in [-0.3, -0.25) is 9.59 Å². The van der Waals surface area contributed by atoms with Crippen LogP contribution in [0, 0.1) is 11.7 Å². The van der Waals surface area contributed by atoms with Crippen molar-refractivity contribution in [3.8, 4) is 5.75 Å². The molecule has 21 heavy (non-hydrogen) atoms. The van der Waals surface area contributed by atoms with E-state index in [2.05, 4.69) is 0 Å². The Morgan fingerprint density at radius 1 is 1.38 bits per heavy atom. The number of benzene rings is 1. The number of piperidine rings is 1. The zero-order valence-electron chi connectivity index (χ0n) is 12.0. The normalized spacial score (nSPS) is 22.0. The Balaban J connectivity index is 2.23. The molecule has 6 heteroatoms. The number of nitrogens with zero attached hydrogens (tertiary/aromatic N) is 1. The van der Waals surface area contributed by atoms with Crippen molar-refractivity contribution in [3.63, 3.8) is 0 Å². The largest absolute Gasteiger partial charge is 0.494 e. The van der Waals surface area contributed by atoms with Gasteiger partial charge in [-0.2, -0.15) is 0 Å². The first kappa shape index (κ1) is 15.3. The van der Waals surface area contributed by atoms with E-state index in [1.54, 1.807) is 0 Å². The molecule has 1 fully saturated rings. The van der Waals surface area contributed by atoms with Crippen LogP contribution in [0.4, 0.5) is 4.39 Å². The second kappa shape index (κ2) is 6.11. The van der Waals surface area contributed by atoms with E-state index in [-0.39, 0.29) is 24.2 Å². The molecule has 0 aliphatic carbocycles. The van der Waals surface area contributed by atoms with Gasteiger partial charge in [-0.05, 0) is 38.0 Å². The number of ether oxygens (including phenoxy) is 1. The quantitative estimate of drug-likeness (QED) is 0.928. The van der Waals surface area contributed by atoms with Crippen LogP contribution in [0.5, 0.6) is 5.75 Å². The average Bonchev–Trinajstić information content (AvgIpc) is 2.47. The van der Waals surface area contributed by atoms with Gasteiger partial charge in [-0.1, -0.05) is 0 Å². The summed E-state index contributed by atoms with van der Waals surface area (Å²) in [5.41, 5.74) is 0.297. The average molecular weight is 295 g/mol. The first-order chi connectivity index (χ1) is 9.93. The maximum absolute atomic E-state index is 13.4. The minimum atomic E-state index is -0.892. The molecule has 5 nitrogen and oxygen atoms in total. The van der Waals surface area contributed by atoms with E-state index in [1.165, 1.54) is 30.2 Å². The molecule has 1 aromatic carbocycles. The van der Waals surface area contributed by atoms with Gasteiger partial charge < -0.3 is 14.7 Å². The van der Waals surface area contributed by atoms with Gasteiger partial charge in [0.05, 0.1) is 13.0 Å². The lowest BCUT2D eigenvalue weighted by Crippen LogP contribution is -2.47. The molecule has 2 rings (SSSR count). The number of carbonyl (C=O) groups excluding carboxylic acids is 1. The summed E-state index contributed by atoms with van der Waals surface area (Å²) in [7, 11) is 1.33. The van der Waals surface area contributed by atoms with Crippen molar-refractivity contribution in [2.45, 2.75) is 25.8 Å². The smallest absolute Gasteiger partial charge is 0.308 e. The zero-order valence-corrected chi connectivity index (χ0v) is 12.0. The van der Waals surface area contributed by atoms with Crippen LogP contribution in [-0.2, 0) is 4.79 Å². The van der Waals surface area contributed by atoms with E-state index in [1.807, 2.05) is 6.92 Å². The molecule has 1 saturated heterocycles. The van der Waals surface area contributed by atoms with Crippen molar-refractivity contribution >= 4 is 11.9 Å². The lowest BCUT2D eigenvalue weighted by molar-refractivity contribution is -0.143. The maximum atomic E-state index is 13.4. The predicted octanol–water partition coefficient (Wildman–Crippen LogP) is 2.16. The molecule has 0 bridgehead atoms. The highest BCUT2D eigenvalue weighted by atomic mass is 19.1. The molecule has 2 unspecified atom stereocenters. The first-order valence-electron chi connectivity index (χ1n) is 6.81. The Hall–Kier alpha value is -2.11.